The lowest BCUT2D eigenvalue weighted by Crippen LogP contribution is -2.14. The molecule has 0 spiro atoms. The molecule has 0 aliphatic carbocycles. The minimum Gasteiger partial charge on any atom is -0.444 e. The Morgan fingerprint density at radius 1 is 1.16 bits per heavy atom. The monoisotopic (exact) mass is 384 g/mol. The van der Waals surface area contributed by atoms with Crippen LogP contribution in [0.15, 0.2) is 51.5 Å². The van der Waals surface area contributed by atoms with E-state index < -0.39 is 6.09 Å². The fourth-order valence-corrected chi connectivity index (χ4v) is 1.89. The molecule has 2 aromatic rings. The van der Waals surface area contributed by atoms with E-state index in [1.54, 1.807) is 12.1 Å². The molecule has 1 heterocycles. The summed E-state index contributed by atoms with van der Waals surface area (Å²) in [4.78, 5) is 15.7. The van der Waals surface area contributed by atoms with Gasteiger partial charge >= 0.3 is 6.09 Å². The van der Waals surface area contributed by atoms with Crippen LogP contribution >= 0.6 is 31.9 Å². The highest BCUT2D eigenvalue weighted by molar-refractivity contribution is 9.13. The zero-order valence-electron chi connectivity index (χ0n) is 9.77. The van der Waals surface area contributed by atoms with E-state index in [0.29, 0.717) is 10.4 Å². The average molecular weight is 386 g/mol. The maximum atomic E-state index is 11.6. The Morgan fingerprint density at radius 3 is 2.58 bits per heavy atom. The number of pyridine rings is 1. The van der Waals surface area contributed by atoms with Crippen molar-refractivity contribution in [2.24, 2.45) is 0 Å². The molecule has 0 unspecified atom stereocenters. The normalized spacial score (nSPS) is 10.0. The fourth-order valence-electron chi connectivity index (χ4n) is 1.35. The minimum atomic E-state index is -0.537. The number of nitrogens with one attached hydrogen (secondary N) is 1. The third-order valence-corrected chi connectivity index (χ3v) is 4.02. The number of carbonyl (C=O) groups is 1. The molecule has 1 aromatic heterocycles. The number of nitrogens with zero attached hydrogens (tertiary/aromatic N) is 1. The lowest BCUT2D eigenvalue weighted by Gasteiger charge is -2.07. The van der Waals surface area contributed by atoms with Crippen molar-refractivity contribution in [2.45, 2.75) is 6.61 Å². The average Bonchev–Trinajstić information content (AvgIpc) is 2.42. The SMILES string of the molecule is O=C(Nc1ccc(Br)c(Br)n1)OCc1ccccc1. The molecule has 19 heavy (non-hydrogen) atoms. The summed E-state index contributed by atoms with van der Waals surface area (Å²) in [5.74, 6) is 0.424. The molecule has 0 aliphatic heterocycles. The molecule has 0 saturated carbocycles. The smallest absolute Gasteiger partial charge is 0.413 e. The van der Waals surface area contributed by atoms with Crippen molar-refractivity contribution >= 4 is 43.8 Å². The molecule has 98 valence electrons. The van der Waals surface area contributed by atoms with Crippen molar-refractivity contribution in [2.75, 3.05) is 5.32 Å². The predicted molar refractivity (Wildman–Crippen MR) is 79.9 cm³/mol. The van der Waals surface area contributed by atoms with Crippen LogP contribution in [0.1, 0.15) is 5.56 Å². The molecule has 0 radical (unpaired) electrons. The number of anilines is 1. The quantitative estimate of drug-likeness (QED) is 0.798. The second-order valence-electron chi connectivity index (χ2n) is 3.66. The summed E-state index contributed by atoms with van der Waals surface area (Å²) in [6.07, 6.45) is -0.537. The molecule has 0 aliphatic rings. The second-order valence-corrected chi connectivity index (χ2v) is 5.26. The maximum Gasteiger partial charge on any atom is 0.413 e. The number of rotatable bonds is 3. The van der Waals surface area contributed by atoms with Crippen molar-refractivity contribution in [3.05, 3.63) is 57.1 Å². The first-order chi connectivity index (χ1) is 9.15. The summed E-state index contributed by atoms with van der Waals surface area (Å²) in [7, 11) is 0. The van der Waals surface area contributed by atoms with Crippen LogP contribution in [-0.2, 0) is 11.3 Å². The Kier molecular flexibility index (Phi) is 4.93. The van der Waals surface area contributed by atoms with E-state index >= 15 is 0 Å². The highest BCUT2D eigenvalue weighted by Crippen LogP contribution is 2.22. The van der Waals surface area contributed by atoms with Crippen molar-refractivity contribution in [3.8, 4) is 0 Å². The van der Waals surface area contributed by atoms with E-state index in [4.69, 9.17) is 4.74 Å². The van der Waals surface area contributed by atoms with Crippen molar-refractivity contribution in [1.82, 2.24) is 4.98 Å². The van der Waals surface area contributed by atoms with Crippen LogP contribution in [-0.4, -0.2) is 11.1 Å². The number of ether oxygens (including phenoxy) is 1. The summed E-state index contributed by atoms with van der Waals surface area (Å²) < 4.78 is 6.52. The number of carbonyl (C=O) groups excluding carboxylic acids is 1. The van der Waals surface area contributed by atoms with Gasteiger partial charge in [0.25, 0.3) is 0 Å². The molecule has 0 atom stereocenters. The van der Waals surface area contributed by atoms with Gasteiger partial charge in [0.15, 0.2) is 0 Å². The number of halogens is 2. The summed E-state index contributed by atoms with van der Waals surface area (Å²) in [6, 6.07) is 12.9. The number of aromatic nitrogens is 1. The Labute approximate surface area is 127 Å². The molecule has 1 amide bonds. The zero-order chi connectivity index (χ0) is 13.7. The van der Waals surface area contributed by atoms with Crippen LogP contribution in [0.2, 0.25) is 0 Å². The molecule has 1 aromatic carbocycles. The van der Waals surface area contributed by atoms with Crippen LogP contribution in [0.4, 0.5) is 10.6 Å². The summed E-state index contributed by atoms with van der Waals surface area (Å²) in [5, 5.41) is 2.56. The number of hydrogen-bond donors (Lipinski definition) is 1. The van der Waals surface area contributed by atoms with Crippen LogP contribution < -0.4 is 5.32 Å². The zero-order valence-corrected chi connectivity index (χ0v) is 12.9. The van der Waals surface area contributed by atoms with Crippen molar-refractivity contribution in [1.29, 1.82) is 0 Å². The molecule has 2 rings (SSSR count). The van der Waals surface area contributed by atoms with Crippen molar-refractivity contribution < 1.29 is 9.53 Å². The summed E-state index contributed by atoms with van der Waals surface area (Å²) in [5.41, 5.74) is 0.933. The third kappa shape index (κ3) is 4.33. The topological polar surface area (TPSA) is 51.2 Å². The lowest BCUT2D eigenvalue weighted by molar-refractivity contribution is 0.155. The minimum absolute atomic E-state index is 0.227. The highest BCUT2D eigenvalue weighted by atomic mass is 79.9. The highest BCUT2D eigenvalue weighted by Gasteiger charge is 2.06. The molecular formula is C13H10Br2N2O2. The third-order valence-electron chi connectivity index (χ3n) is 2.25. The number of amides is 1. The molecule has 0 bridgehead atoms. The van der Waals surface area contributed by atoms with Crippen LogP contribution in [0, 0.1) is 0 Å². The van der Waals surface area contributed by atoms with Gasteiger partial charge in [0.2, 0.25) is 0 Å². The van der Waals surface area contributed by atoms with Gasteiger partial charge in [-0.05, 0) is 49.6 Å². The van der Waals surface area contributed by atoms with E-state index in [1.807, 2.05) is 30.3 Å². The van der Waals surface area contributed by atoms with Gasteiger partial charge in [-0.1, -0.05) is 30.3 Å². The predicted octanol–water partition coefficient (Wildman–Crippen LogP) is 4.36. The molecule has 0 fully saturated rings. The largest absolute Gasteiger partial charge is 0.444 e. The van der Waals surface area contributed by atoms with Gasteiger partial charge in [-0.2, -0.15) is 0 Å². The van der Waals surface area contributed by atoms with Crippen LogP contribution in [0.5, 0.6) is 0 Å². The Bertz CT molecular complexity index is 576. The van der Waals surface area contributed by atoms with E-state index in [2.05, 4.69) is 42.2 Å². The molecule has 6 heteroatoms. The van der Waals surface area contributed by atoms with E-state index in [-0.39, 0.29) is 6.61 Å². The van der Waals surface area contributed by atoms with Gasteiger partial charge in [0, 0.05) is 0 Å². The van der Waals surface area contributed by atoms with Crippen molar-refractivity contribution in [3.63, 3.8) is 0 Å². The number of benzene rings is 1. The maximum absolute atomic E-state index is 11.6. The van der Waals surface area contributed by atoms with Crippen LogP contribution in [0.3, 0.4) is 0 Å². The van der Waals surface area contributed by atoms with Gasteiger partial charge in [-0.3, -0.25) is 5.32 Å². The first kappa shape index (κ1) is 14.0. The van der Waals surface area contributed by atoms with Gasteiger partial charge < -0.3 is 4.74 Å². The first-order valence-corrected chi connectivity index (χ1v) is 7.03. The van der Waals surface area contributed by atoms with Gasteiger partial charge in [0.05, 0.1) is 4.47 Å². The van der Waals surface area contributed by atoms with Gasteiger partial charge in [-0.15, -0.1) is 0 Å². The Hall–Kier alpha value is -1.40. The molecule has 1 N–H and O–H groups in total. The van der Waals surface area contributed by atoms with Gasteiger partial charge in [-0.25, -0.2) is 9.78 Å². The molecule has 0 saturated heterocycles. The van der Waals surface area contributed by atoms with E-state index in [9.17, 15) is 4.79 Å². The first-order valence-electron chi connectivity index (χ1n) is 5.45. The number of hydrogen-bond acceptors (Lipinski definition) is 3. The Balaban J connectivity index is 1.89. The fraction of sp³-hybridized carbons (Fsp3) is 0.0769. The van der Waals surface area contributed by atoms with Gasteiger partial charge in [0.1, 0.15) is 17.0 Å². The standard InChI is InChI=1S/C13H10Br2N2O2/c14-10-6-7-11(16-12(10)15)17-13(18)19-8-9-4-2-1-3-5-9/h1-7H,8H2,(H,16,17,18). The molecule has 4 nitrogen and oxygen atoms in total. The van der Waals surface area contributed by atoms with E-state index in [1.165, 1.54) is 0 Å². The summed E-state index contributed by atoms with van der Waals surface area (Å²) in [6.45, 7) is 0.227. The lowest BCUT2D eigenvalue weighted by atomic mass is 10.2. The second kappa shape index (κ2) is 6.68. The summed E-state index contributed by atoms with van der Waals surface area (Å²) >= 11 is 6.57. The van der Waals surface area contributed by atoms with Crippen LogP contribution in [0.25, 0.3) is 0 Å². The molecular weight excluding hydrogens is 376 g/mol. The Morgan fingerprint density at radius 2 is 1.89 bits per heavy atom. The van der Waals surface area contributed by atoms with E-state index in [0.717, 1.165) is 10.0 Å².